The van der Waals surface area contributed by atoms with Crippen LogP contribution in [0.2, 0.25) is 0 Å². The van der Waals surface area contributed by atoms with Crippen LogP contribution in [-0.4, -0.2) is 6.16 Å². The molecule has 0 atom stereocenters. The number of hydrogen-bond donors (Lipinski definition) is 0. The lowest BCUT2D eigenvalue weighted by Gasteiger charge is -2.14. The second-order valence-corrected chi connectivity index (χ2v) is 6.56. The van der Waals surface area contributed by atoms with E-state index in [0.29, 0.717) is 11.5 Å². The highest BCUT2D eigenvalue weighted by atomic mass is 16.7. The van der Waals surface area contributed by atoms with E-state index >= 15 is 0 Å². The van der Waals surface area contributed by atoms with E-state index in [1.165, 1.54) is 5.56 Å². The summed E-state index contributed by atoms with van der Waals surface area (Å²) in [6.07, 6.45) is 6.35. The van der Waals surface area contributed by atoms with E-state index in [1.54, 1.807) is 0 Å². The van der Waals surface area contributed by atoms with Crippen molar-refractivity contribution in [2.75, 3.05) is 0 Å². The van der Waals surface area contributed by atoms with Crippen molar-refractivity contribution in [1.82, 2.24) is 0 Å². The highest BCUT2D eigenvalue weighted by Crippen LogP contribution is 2.27. The van der Waals surface area contributed by atoms with Crippen molar-refractivity contribution in [2.45, 2.75) is 65.7 Å². The van der Waals surface area contributed by atoms with Gasteiger partial charge in [-0.15, -0.1) is 0 Å². The molecular weight excluding hydrogens is 324 g/mol. The molecule has 140 valence electrons. The molecule has 0 heterocycles. The Bertz CT molecular complexity index is 706. The molecule has 0 unspecified atom stereocenters. The molecule has 0 amide bonds. The first-order valence-corrected chi connectivity index (χ1v) is 9.77. The van der Waals surface area contributed by atoms with Gasteiger partial charge in [0.05, 0.1) is 0 Å². The van der Waals surface area contributed by atoms with Crippen molar-refractivity contribution in [3.05, 3.63) is 59.2 Å². The molecule has 3 nitrogen and oxygen atoms in total. The van der Waals surface area contributed by atoms with Gasteiger partial charge in [-0.2, -0.15) is 0 Å². The topological polar surface area (TPSA) is 35.5 Å². The maximum atomic E-state index is 12.4. The zero-order valence-corrected chi connectivity index (χ0v) is 16.2. The second-order valence-electron chi connectivity index (χ2n) is 6.56. The number of para-hydroxylation sites is 1. The van der Waals surface area contributed by atoms with Gasteiger partial charge >= 0.3 is 6.16 Å². The van der Waals surface area contributed by atoms with E-state index in [4.69, 9.17) is 9.47 Å². The smallest absolute Gasteiger partial charge is 0.394 e. The summed E-state index contributed by atoms with van der Waals surface area (Å²) >= 11 is 0. The zero-order chi connectivity index (χ0) is 18.8. The summed E-state index contributed by atoms with van der Waals surface area (Å²) in [5, 5.41) is 0. The number of aryl methyl sites for hydroxylation is 2. The summed E-state index contributed by atoms with van der Waals surface area (Å²) in [5.74, 6) is 1.21. The Labute approximate surface area is 157 Å². The first-order valence-electron chi connectivity index (χ1n) is 9.77. The number of benzene rings is 2. The Morgan fingerprint density at radius 3 is 2.12 bits per heavy atom. The lowest BCUT2D eigenvalue weighted by Crippen LogP contribution is -2.16. The van der Waals surface area contributed by atoms with Crippen molar-refractivity contribution in [1.29, 1.82) is 0 Å². The van der Waals surface area contributed by atoms with Crippen LogP contribution < -0.4 is 9.47 Å². The van der Waals surface area contributed by atoms with E-state index in [1.807, 2.05) is 36.4 Å². The molecule has 0 saturated carbocycles. The van der Waals surface area contributed by atoms with Crippen molar-refractivity contribution in [3.8, 4) is 11.5 Å². The molecule has 0 N–H and O–H groups in total. The van der Waals surface area contributed by atoms with Crippen LogP contribution in [0.15, 0.2) is 42.5 Å². The largest absolute Gasteiger partial charge is 0.519 e. The molecule has 0 fully saturated rings. The highest BCUT2D eigenvalue weighted by molar-refractivity contribution is 5.68. The van der Waals surface area contributed by atoms with Crippen LogP contribution in [0.4, 0.5) is 4.79 Å². The van der Waals surface area contributed by atoms with Crippen LogP contribution in [0.5, 0.6) is 11.5 Å². The molecule has 0 aliphatic heterocycles. The van der Waals surface area contributed by atoms with Gasteiger partial charge in [-0.05, 0) is 54.5 Å². The minimum absolute atomic E-state index is 0.590. The molecule has 0 bridgehead atoms. The van der Waals surface area contributed by atoms with E-state index in [2.05, 4.69) is 26.8 Å². The quantitative estimate of drug-likeness (QED) is 0.380. The van der Waals surface area contributed by atoms with Gasteiger partial charge in [0.1, 0.15) is 11.5 Å². The third-order valence-corrected chi connectivity index (χ3v) is 4.41. The van der Waals surface area contributed by atoms with E-state index in [9.17, 15) is 4.79 Å². The predicted octanol–water partition coefficient (Wildman–Crippen LogP) is 6.51. The Hall–Kier alpha value is -2.29. The molecule has 0 aromatic heterocycles. The molecular formula is C23H30O3. The number of hydrogen-bond acceptors (Lipinski definition) is 3. The molecule has 2 rings (SSSR count). The van der Waals surface area contributed by atoms with Gasteiger partial charge < -0.3 is 9.47 Å². The second kappa shape index (κ2) is 10.6. The summed E-state index contributed by atoms with van der Waals surface area (Å²) in [5.41, 5.74) is 3.41. The van der Waals surface area contributed by atoms with Crippen LogP contribution in [0, 0.1) is 0 Å². The highest BCUT2D eigenvalue weighted by Gasteiger charge is 2.15. The Balaban J connectivity index is 2.14. The van der Waals surface area contributed by atoms with E-state index in [-0.39, 0.29) is 0 Å². The Kier molecular flexibility index (Phi) is 8.20. The molecule has 0 aliphatic rings. The third-order valence-electron chi connectivity index (χ3n) is 4.41. The standard InChI is InChI=1S/C23H30O3/c1-4-7-13-19-14-8-9-16-21(19)25-23(24)26-22-17-10-15-18(11-5-2)20(22)12-6-3/h8-10,14-17H,4-7,11-13H2,1-3H3. The Morgan fingerprint density at radius 1 is 0.731 bits per heavy atom. The predicted molar refractivity (Wildman–Crippen MR) is 106 cm³/mol. The van der Waals surface area contributed by atoms with Crippen molar-refractivity contribution in [3.63, 3.8) is 0 Å². The number of carbonyl (C=O) groups excluding carboxylic acids is 1. The maximum Gasteiger partial charge on any atom is 0.519 e. The summed E-state index contributed by atoms with van der Waals surface area (Å²) in [6, 6.07) is 13.6. The van der Waals surface area contributed by atoms with Crippen LogP contribution in [0.3, 0.4) is 0 Å². The molecule has 0 saturated heterocycles. The van der Waals surface area contributed by atoms with Crippen LogP contribution >= 0.6 is 0 Å². The number of carbonyl (C=O) groups is 1. The lowest BCUT2D eigenvalue weighted by atomic mass is 9.99. The van der Waals surface area contributed by atoms with Crippen LogP contribution in [0.1, 0.15) is 63.1 Å². The summed E-state index contributed by atoms with van der Waals surface area (Å²) < 4.78 is 11.1. The Morgan fingerprint density at radius 2 is 1.38 bits per heavy atom. The average molecular weight is 354 g/mol. The van der Waals surface area contributed by atoms with E-state index < -0.39 is 6.16 Å². The monoisotopic (exact) mass is 354 g/mol. The lowest BCUT2D eigenvalue weighted by molar-refractivity contribution is 0.151. The van der Waals surface area contributed by atoms with Gasteiger partial charge in [-0.25, -0.2) is 4.79 Å². The van der Waals surface area contributed by atoms with Gasteiger partial charge in [-0.3, -0.25) is 0 Å². The van der Waals surface area contributed by atoms with Crippen molar-refractivity contribution >= 4 is 6.16 Å². The van der Waals surface area contributed by atoms with Gasteiger partial charge in [0.2, 0.25) is 0 Å². The minimum atomic E-state index is -0.667. The van der Waals surface area contributed by atoms with Gasteiger partial charge in [0, 0.05) is 0 Å². The minimum Gasteiger partial charge on any atom is -0.394 e. The number of ether oxygens (including phenoxy) is 2. The molecule has 0 aliphatic carbocycles. The fourth-order valence-corrected chi connectivity index (χ4v) is 3.12. The first-order chi connectivity index (χ1) is 12.7. The first kappa shape index (κ1) is 20.0. The summed E-state index contributed by atoms with van der Waals surface area (Å²) in [4.78, 5) is 12.4. The molecule has 2 aromatic rings. The van der Waals surface area contributed by atoms with E-state index in [0.717, 1.165) is 56.1 Å². The normalized spacial score (nSPS) is 10.6. The molecule has 0 spiro atoms. The van der Waals surface area contributed by atoms with Crippen molar-refractivity contribution < 1.29 is 14.3 Å². The summed E-state index contributed by atoms with van der Waals surface area (Å²) in [7, 11) is 0. The fourth-order valence-electron chi connectivity index (χ4n) is 3.12. The van der Waals surface area contributed by atoms with Crippen LogP contribution in [0.25, 0.3) is 0 Å². The van der Waals surface area contributed by atoms with Crippen LogP contribution in [-0.2, 0) is 19.3 Å². The number of unbranched alkanes of at least 4 members (excludes halogenated alkanes) is 1. The summed E-state index contributed by atoms with van der Waals surface area (Å²) in [6.45, 7) is 6.44. The zero-order valence-electron chi connectivity index (χ0n) is 16.2. The van der Waals surface area contributed by atoms with Gasteiger partial charge in [-0.1, -0.05) is 70.4 Å². The fraction of sp³-hybridized carbons (Fsp3) is 0.435. The third kappa shape index (κ3) is 5.62. The average Bonchev–Trinajstić information content (AvgIpc) is 2.64. The molecule has 3 heteroatoms. The SMILES string of the molecule is CCCCc1ccccc1OC(=O)Oc1cccc(CCC)c1CCC. The van der Waals surface area contributed by atoms with Gasteiger partial charge in [0.25, 0.3) is 0 Å². The molecule has 2 aromatic carbocycles. The molecule has 26 heavy (non-hydrogen) atoms. The van der Waals surface area contributed by atoms with Crippen molar-refractivity contribution in [2.24, 2.45) is 0 Å². The van der Waals surface area contributed by atoms with Gasteiger partial charge in [0.15, 0.2) is 0 Å². The maximum absolute atomic E-state index is 12.4. The molecule has 0 radical (unpaired) electrons. The number of rotatable bonds is 9.